The molecule has 1 fully saturated rings. The molecule has 3 unspecified atom stereocenters. The molecule has 1 saturated heterocycles. The van der Waals surface area contributed by atoms with Crippen molar-refractivity contribution in [1.29, 1.82) is 0 Å². The number of aromatic nitrogens is 6. The lowest BCUT2D eigenvalue weighted by molar-refractivity contribution is -0.119. The molecule has 0 saturated carbocycles. The second-order valence-corrected chi connectivity index (χ2v) is 11.7. The summed E-state index contributed by atoms with van der Waals surface area (Å²) < 4.78 is 22.7. The van der Waals surface area contributed by atoms with Crippen molar-refractivity contribution >= 4 is 32.6 Å². The van der Waals surface area contributed by atoms with E-state index in [1.165, 1.54) is 12.4 Å². The van der Waals surface area contributed by atoms with Crippen molar-refractivity contribution in [3.63, 3.8) is 0 Å². The summed E-state index contributed by atoms with van der Waals surface area (Å²) in [5.41, 5.74) is 2.93. The molecule has 13 heteroatoms. The molecule has 224 valence electrons. The largest absolute Gasteiger partial charge is 0.486 e. The maximum absolute atomic E-state index is 15.3. The van der Waals surface area contributed by atoms with E-state index in [9.17, 15) is 9.59 Å². The molecule has 11 nitrogen and oxygen atoms in total. The molecular formula is C30H34FN8O3P. The van der Waals surface area contributed by atoms with Gasteiger partial charge in [-0.15, -0.1) is 0 Å². The SMILES string of the molecule is Cc1ccc(OC(C)P)c(-c2cnc(C)c(C(=O)Nc3cnn(C(C)c4cnc(N5CC[C@@H](C)C5=O)c(C)n4)c3)n2)c1F. The molecule has 1 aromatic carbocycles. The number of ether oxygens (including phenoxy) is 1. The van der Waals surface area contributed by atoms with E-state index in [4.69, 9.17) is 9.72 Å². The number of amides is 2. The first-order chi connectivity index (χ1) is 20.4. The van der Waals surface area contributed by atoms with Crippen LogP contribution in [0.1, 0.15) is 66.4 Å². The van der Waals surface area contributed by atoms with Gasteiger partial charge < -0.3 is 10.1 Å². The number of halogens is 1. The molecule has 1 aliphatic heterocycles. The van der Waals surface area contributed by atoms with Crippen molar-refractivity contribution in [1.82, 2.24) is 29.7 Å². The highest BCUT2D eigenvalue weighted by molar-refractivity contribution is 7.17. The number of carbonyl (C=O) groups is 2. The summed E-state index contributed by atoms with van der Waals surface area (Å²) in [6, 6.07) is 3.01. The Labute approximate surface area is 251 Å². The normalized spacial score (nSPS) is 16.3. The highest BCUT2D eigenvalue weighted by Gasteiger charge is 2.31. The van der Waals surface area contributed by atoms with Crippen molar-refractivity contribution in [2.75, 3.05) is 16.8 Å². The predicted octanol–water partition coefficient (Wildman–Crippen LogP) is 5.03. The van der Waals surface area contributed by atoms with E-state index in [0.29, 0.717) is 46.4 Å². The fraction of sp³-hybridized carbons (Fsp3) is 0.367. The number of hydrogen-bond acceptors (Lipinski definition) is 8. The Bertz CT molecular complexity index is 1710. The van der Waals surface area contributed by atoms with Crippen molar-refractivity contribution in [3.8, 4) is 17.0 Å². The fourth-order valence-electron chi connectivity index (χ4n) is 4.92. The van der Waals surface area contributed by atoms with Gasteiger partial charge in [0.2, 0.25) is 5.91 Å². The molecule has 43 heavy (non-hydrogen) atoms. The standard InChI is InChI=1S/C30H34FN8O3P/c1-15-7-8-24(42-20(6)43)25(26(15)31)23-13-32-17(3)27(37-23)29(40)36-21-11-34-39(14-21)19(5)22-12-33-28(18(4)35-22)38-10-9-16(2)30(38)41/h7-8,11-14,16,19-20H,9-10,43H2,1-6H3,(H,36,40)/t16-,19?,20?/m1/s1. The second-order valence-electron chi connectivity index (χ2n) is 10.8. The van der Waals surface area contributed by atoms with E-state index in [2.05, 4.69) is 34.6 Å². The van der Waals surface area contributed by atoms with Gasteiger partial charge in [-0.3, -0.25) is 29.1 Å². The lowest BCUT2D eigenvalue weighted by Crippen LogP contribution is -2.28. The number of benzene rings is 1. The van der Waals surface area contributed by atoms with Crippen molar-refractivity contribution in [2.24, 2.45) is 5.92 Å². The third kappa shape index (κ3) is 6.10. The first-order valence-corrected chi connectivity index (χ1v) is 14.7. The number of rotatable bonds is 8. The Morgan fingerprint density at radius 3 is 2.56 bits per heavy atom. The molecule has 4 aromatic rings. The number of aryl methyl sites for hydroxylation is 3. The fourth-order valence-corrected chi connectivity index (χ4v) is 5.06. The van der Waals surface area contributed by atoms with Crippen LogP contribution >= 0.6 is 9.24 Å². The summed E-state index contributed by atoms with van der Waals surface area (Å²) in [6.07, 6.45) is 7.07. The first-order valence-electron chi connectivity index (χ1n) is 14.0. The van der Waals surface area contributed by atoms with Gasteiger partial charge in [-0.05, 0) is 52.7 Å². The van der Waals surface area contributed by atoms with Crippen LogP contribution in [0.5, 0.6) is 5.75 Å². The van der Waals surface area contributed by atoms with Crippen LogP contribution in [0, 0.1) is 32.5 Å². The van der Waals surface area contributed by atoms with Gasteiger partial charge >= 0.3 is 0 Å². The number of carbonyl (C=O) groups excluding carboxylic acids is 2. The second kappa shape index (κ2) is 12.1. The van der Waals surface area contributed by atoms with Crippen LogP contribution < -0.4 is 15.0 Å². The number of anilines is 2. The summed E-state index contributed by atoms with van der Waals surface area (Å²) in [5.74, 6) is -0.359. The van der Waals surface area contributed by atoms with Gasteiger partial charge in [-0.25, -0.2) is 14.4 Å². The zero-order chi connectivity index (χ0) is 31.0. The van der Waals surface area contributed by atoms with Crippen LogP contribution in [0.25, 0.3) is 11.3 Å². The van der Waals surface area contributed by atoms with Gasteiger partial charge in [0.05, 0.1) is 58.7 Å². The number of nitrogens with one attached hydrogen (secondary N) is 1. The molecular weight excluding hydrogens is 570 g/mol. The summed E-state index contributed by atoms with van der Waals surface area (Å²) >= 11 is 0. The van der Waals surface area contributed by atoms with Gasteiger partial charge in [0.15, 0.2) is 5.82 Å². The number of nitrogens with zero attached hydrogens (tertiary/aromatic N) is 7. The van der Waals surface area contributed by atoms with Crippen LogP contribution in [0.2, 0.25) is 0 Å². The van der Waals surface area contributed by atoms with Crippen LogP contribution in [-0.4, -0.2) is 53.9 Å². The average Bonchev–Trinajstić information content (AvgIpc) is 3.56. The smallest absolute Gasteiger partial charge is 0.276 e. The topological polar surface area (TPSA) is 128 Å². The Kier molecular flexibility index (Phi) is 8.50. The monoisotopic (exact) mass is 604 g/mol. The minimum atomic E-state index is -0.515. The summed E-state index contributed by atoms with van der Waals surface area (Å²) in [7, 11) is 2.50. The highest BCUT2D eigenvalue weighted by atomic mass is 31.0. The van der Waals surface area contributed by atoms with E-state index in [0.717, 1.165) is 6.42 Å². The molecule has 0 aliphatic carbocycles. The van der Waals surface area contributed by atoms with E-state index >= 15 is 4.39 Å². The first kappa shape index (κ1) is 30.2. The third-order valence-corrected chi connectivity index (χ3v) is 7.53. The van der Waals surface area contributed by atoms with Crippen LogP contribution in [0.4, 0.5) is 15.9 Å². The van der Waals surface area contributed by atoms with Crippen molar-refractivity contribution in [2.45, 2.75) is 59.9 Å². The van der Waals surface area contributed by atoms with Gasteiger partial charge in [-0.2, -0.15) is 5.10 Å². The van der Waals surface area contributed by atoms with Crippen molar-refractivity contribution in [3.05, 3.63) is 71.1 Å². The molecule has 4 heterocycles. The van der Waals surface area contributed by atoms with Crippen LogP contribution in [-0.2, 0) is 4.79 Å². The molecule has 5 rings (SSSR count). The molecule has 1 N–H and O–H groups in total. The summed E-state index contributed by atoms with van der Waals surface area (Å²) in [5, 5.41) is 7.21. The maximum Gasteiger partial charge on any atom is 0.276 e. The van der Waals surface area contributed by atoms with E-state index in [1.54, 1.807) is 48.0 Å². The zero-order valence-electron chi connectivity index (χ0n) is 24.9. The van der Waals surface area contributed by atoms with Gasteiger partial charge in [0.25, 0.3) is 5.91 Å². The lowest BCUT2D eigenvalue weighted by atomic mass is 10.1. The minimum Gasteiger partial charge on any atom is -0.486 e. The highest BCUT2D eigenvalue weighted by Crippen LogP contribution is 2.35. The van der Waals surface area contributed by atoms with Crippen LogP contribution in [0.3, 0.4) is 0 Å². The third-order valence-electron chi connectivity index (χ3n) is 7.39. The molecule has 2 amide bonds. The van der Waals surface area contributed by atoms with Gasteiger partial charge in [-0.1, -0.05) is 22.2 Å². The Morgan fingerprint density at radius 2 is 1.88 bits per heavy atom. The van der Waals surface area contributed by atoms with Crippen molar-refractivity contribution < 1.29 is 18.7 Å². The lowest BCUT2D eigenvalue weighted by Gasteiger charge is -2.19. The Morgan fingerprint density at radius 1 is 1.12 bits per heavy atom. The molecule has 1 aliphatic rings. The Balaban J connectivity index is 1.35. The Hall–Kier alpha value is -4.31. The predicted molar refractivity (Wildman–Crippen MR) is 164 cm³/mol. The number of hydrogen-bond donors (Lipinski definition) is 1. The summed E-state index contributed by atoms with van der Waals surface area (Å²) in [4.78, 5) is 45.5. The molecule has 0 bridgehead atoms. The van der Waals surface area contributed by atoms with Gasteiger partial charge in [0.1, 0.15) is 23.1 Å². The molecule has 3 aromatic heterocycles. The van der Waals surface area contributed by atoms with E-state index in [-0.39, 0.29) is 40.7 Å². The quantitative estimate of drug-likeness (QED) is 0.278. The van der Waals surface area contributed by atoms with E-state index < -0.39 is 11.7 Å². The molecule has 4 atom stereocenters. The van der Waals surface area contributed by atoms with Crippen LogP contribution in [0.15, 0.2) is 36.9 Å². The molecule has 0 spiro atoms. The maximum atomic E-state index is 15.3. The van der Waals surface area contributed by atoms with E-state index in [1.807, 2.05) is 27.7 Å². The zero-order valence-corrected chi connectivity index (χ0v) is 26.1. The van der Waals surface area contributed by atoms with Gasteiger partial charge in [0, 0.05) is 18.7 Å². The average molecular weight is 605 g/mol. The molecule has 0 radical (unpaired) electrons. The minimum absolute atomic E-state index is 0.0194. The summed E-state index contributed by atoms with van der Waals surface area (Å²) in [6.45, 7) is 11.4.